The van der Waals surface area contributed by atoms with E-state index in [-0.39, 0.29) is 23.2 Å². The van der Waals surface area contributed by atoms with Gasteiger partial charge < -0.3 is 9.47 Å². The minimum atomic E-state index is -0.407. The molecule has 0 radical (unpaired) electrons. The molecule has 2 unspecified atom stereocenters. The van der Waals surface area contributed by atoms with E-state index in [0.29, 0.717) is 18.6 Å². The zero-order valence-corrected chi connectivity index (χ0v) is 18.7. The Labute approximate surface area is 175 Å². The summed E-state index contributed by atoms with van der Waals surface area (Å²) in [6, 6.07) is 4.17. The highest BCUT2D eigenvalue weighted by molar-refractivity contribution is 5.80. The molecule has 0 aromatic heterocycles. The number of carbonyl (C=O) groups excluding carboxylic acids is 2. The van der Waals surface area contributed by atoms with Crippen LogP contribution in [0.4, 0.5) is 0 Å². The Morgan fingerprint density at radius 1 is 1.21 bits per heavy atom. The van der Waals surface area contributed by atoms with Crippen molar-refractivity contribution in [2.75, 3.05) is 6.61 Å². The quantitative estimate of drug-likeness (QED) is 0.322. The van der Waals surface area contributed by atoms with E-state index in [1.165, 1.54) is 25.7 Å². The molecule has 160 valence electrons. The number of hydrogen-bond donors (Lipinski definition) is 0. The summed E-state index contributed by atoms with van der Waals surface area (Å²) in [5.74, 6) is 0.778. The predicted octanol–water partition coefficient (Wildman–Crippen LogP) is 5.95. The van der Waals surface area contributed by atoms with Crippen LogP contribution in [-0.2, 0) is 14.9 Å². The number of benzene rings is 1. The number of aldehydes is 1. The molecule has 0 aliphatic carbocycles. The monoisotopic (exact) mass is 400 g/mol. The first-order chi connectivity index (χ1) is 13.7. The van der Waals surface area contributed by atoms with Gasteiger partial charge in [0, 0.05) is 29.4 Å². The summed E-state index contributed by atoms with van der Waals surface area (Å²) in [6.45, 7) is 11.2. The van der Waals surface area contributed by atoms with E-state index in [9.17, 15) is 9.59 Å². The predicted molar refractivity (Wildman–Crippen MR) is 115 cm³/mol. The molecule has 29 heavy (non-hydrogen) atoms. The number of fused-ring (bicyclic) bond motifs is 3. The maximum absolute atomic E-state index is 12.1. The molecule has 1 aromatic rings. The van der Waals surface area contributed by atoms with Crippen molar-refractivity contribution in [3.63, 3.8) is 0 Å². The summed E-state index contributed by atoms with van der Waals surface area (Å²) in [6.07, 6.45) is 8.06. The first-order valence-corrected chi connectivity index (χ1v) is 11.2. The van der Waals surface area contributed by atoms with E-state index in [2.05, 4.69) is 40.7 Å². The van der Waals surface area contributed by atoms with Crippen LogP contribution in [0.25, 0.3) is 0 Å². The first kappa shape index (κ1) is 21.9. The van der Waals surface area contributed by atoms with Crippen LogP contribution in [0.5, 0.6) is 5.75 Å². The van der Waals surface area contributed by atoms with Gasteiger partial charge in [0.2, 0.25) is 0 Å². The number of carbonyl (C=O) groups is 2. The highest BCUT2D eigenvalue weighted by atomic mass is 16.5. The zero-order chi connectivity index (χ0) is 21.2. The molecule has 0 bridgehead atoms. The van der Waals surface area contributed by atoms with Crippen LogP contribution in [-0.4, -0.2) is 24.5 Å². The number of ether oxygens (including phenoxy) is 2. The van der Waals surface area contributed by atoms with Gasteiger partial charge in [-0.05, 0) is 49.8 Å². The minimum Gasteiger partial charge on any atom is -0.487 e. The Hall–Kier alpha value is -1.84. The van der Waals surface area contributed by atoms with Crippen LogP contribution in [0.2, 0.25) is 0 Å². The Morgan fingerprint density at radius 2 is 1.97 bits per heavy atom. The van der Waals surface area contributed by atoms with Gasteiger partial charge in [0.1, 0.15) is 17.6 Å². The molecule has 2 aliphatic rings. The van der Waals surface area contributed by atoms with E-state index in [1.807, 2.05) is 6.07 Å². The second kappa shape index (κ2) is 8.49. The van der Waals surface area contributed by atoms with Crippen LogP contribution in [0.3, 0.4) is 0 Å². The first-order valence-electron chi connectivity index (χ1n) is 11.2. The van der Waals surface area contributed by atoms with Crippen LogP contribution in [0.1, 0.15) is 107 Å². The van der Waals surface area contributed by atoms with Crippen molar-refractivity contribution in [2.24, 2.45) is 5.92 Å². The van der Waals surface area contributed by atoms with Gasteiger partial charge in [-0.2, -0.15) is 0 Å². The lowest BCUT2D eigenvalue weighted by Gasteiger charge is -2.45. The molecule has 4 heteroatoms. The summed E-state index contributed by atoms with van der Waals surface area (Å²) in [5.41, 5.74) is 2.32. The van der Waals surface area contributed by atoms with Crippen molar-refractivity contribution >= 4 is 12.3 Å². The maximum Gasteiger partial charge on any atom is 0.305 e. The number of unbranched alkanes of at least 4 members (excludes halogenated alkanes) is 3. The van der Waals surface area contributed by atoms with Crippen molar-refractivity contribution in [1.29, 1.82) is 0 Å². The fraction of sp³-hybridized carbons (Fsp3) is 0.680. The normalized spacial score (nSPS) is 23.3. The highest BCUT2D eigenvalue weighted by Gasteiger charge is 2.46. The molecule has 2 heterocycles. The van der Waals surface area contributed by atoms with Crippen LogP contribution >= 0.6 is 0 Å². The van der Waals surface area contributed by atoms with Gasteiger partial charge in [0.25, 0.3) is 0 Å². The maximum atomic E-state index is 12.1. The Bertz CT molecular complexity index is 762. The van der Waals surface area contributed by atoms with E-state index in [4.69, 9.17) is 9.47 Å². The third-order valence-corrected chi connectivity index (χ3v) is 6.94. The highest BCUT2D eigenvalue weighted by Crippen LogP contribution is 2.50. The Balaban J connectivity index is 1.99. The van der Waals surface area contributed by atoms with Crippen LogP contribution in [0.15, 0.2) is 12.1 Å². The van der Waals surface area contributed by atoms with Gasteiger partial charge in [-0.1, -0.05) is 46.5 Å². The number of esters is 1. The third kappa shape index (κ3) is 4.51. The fourth-order valence-electron chi connectivity index (χ4n) is 5.08. The molecule has 1 saturated heterocycles. The molecule has 4 nitrogen and oxygen atoms in total. The number of hydrogen-bond acceptors (Lipinski definition) is 4. The van der Waals surface area contributed by atoms with Crippen molar-refractivity contribution in [3.05, 3.63) is 28.8 Å². The molecular weight excluding hydrogens is 364 g/mol. The van der Waals surface area contributed by atoms with Gasteiger partial charge in [0.05, 0.1) is 6.61 Å². The van der Waals surface area contributed by atoms with Crippen molar-refractivity contribution in [1.82, 2.24) is 0 Å². The number of rotatable bonds is 7. The minimum absolute atomic E-state index is 0.00196. The average Bonchev–Trinajstić information content (AvgIpc) is 2.86. The SMILES string of the molecule is CCCCCCC(C)(C)c1cc(C=O)c2c(c1)OC(C)(C)C1CCC(=O)OCC21. The second-order valence-electron chi connectivity index (χ2n) is 9.93. The molecule has 1 fully saturated rings. The summed E-state index contributed by atoms with van der Waals surface area (Å²) in [4.78, 5) is 24.0. The molecule has 2 aliphatic heterocycles. The average molecular weight is 401 g/mol. The van der Waals surface area contributed by atoms with Gasteiger partial charge in [-0.3, -0.25) is 9.59 Å². The van der Waals surface area contributed by atoms with Gasteiger partial charge in [0.15, 0.2) is 0 Å². The largest absolute Gasteiger partial charge is 0.487 e. The Morgan fingerprint density at radius 3 is 2.66 bits per heavy atom. The van der Waals surface area contributed by atoms with E-state index in [1.54, 1.807) is 0 Å². The van der Waals surface area contributed by atoms with Crippen LogP contribution in [0, 0.1) is 5.92 Å². The van der Waals surface area contributed by atoms with Crippen molar-refractivity contribution in [2.45, 2.75) is 96.5 Å². The van der Waals surface area contributed by atoms with Gasteiger partial charge in [-0.25, -0.2) is 0 Å². The molecular formula is C25H36O4. The third-order valence-electron chi connectivity index (χ3n) is 6.94. The van der Waals surface area contributed by atoms with Crippen molar-refractivity contribution < 1.29 is 19.1 Å². The van der Waals surface area contributed by atoms with E-state index in [0.717, 1.165) is 36.0 Å². The molecule has 2 atom stereocenters. The summed E-state index contributed by atoms with van der Waals surface area (Å²) >= 11 is 0. The molecule has 3 rings (SSSR count). The lowest BCUT2D eigenvalue weighted by molar-refractivity contribution is -0.143. The lowest BCUT2D eigenvalue weighted by atomic mass is 9.70. The smallest absolute Gasteiger partial charge is 0.305 e. The summed E-state index contributed by atoms with van der Waals surface area (Å²) < 4.78 is 12.0. The summed E-state index contributed by atoms with van der Waals surface area (Å²) in [7, 11) is 0. The topological polar surface area (TPSA) is 52.6 Å². The second-order valence-corrected chi connectivity index (χ2v) is 9.93. The molecule has 0 amide bonds. The Kier molecular flexibility index (Phi) is 6.40. The lowest BCUT2D eigenvalue weighted by Crippen LogP contribution is -2.45. The number of cyclic esters (lactones) is 1. The molecule has 1 aromatic carbocycles. The molecule has 0 N–H and O–H groups in total. The van der Waals surface area contributed by atoms with Gasteiger partial charge in [-0.15, -0.1) is 0 Å². The summed E-state index contributed by atoms with van der Waals surface area (Å²) in [5, 5.41) is 0. The van der Waals surface area contributed by atoms with Crippen molar-refractivity contribution in [3.8, 4) is 5.75 Å². The molecule has 0 spiro atoms. The molecule has 0 saturated carbocycles. The standard InChI is InChI=1S/C25H36O4/c1-6-7-8-9-12-24(2,3)18-13-17(15-26)23-19-16-28-22(27)11-10-20(19)25(4,5)29-21(23)14-18/h13-15,19-20H,6-12,16H2,1-5H3. The zero-order valence-electron chi connectivity index (χ0n) is 18.7. The fourth-order valence-corrected chi connectivity index (χ4v) is 5.08. The van der Waals surface area contributed by atoms with Gasteiger partial charge >= 0.3 is 5.97 Å². The van der Waals surface area contributed by atoms with E-state index >= 15 is 0 Å². The van der Waals surface area contributed by atoms with E-state index < -0.39 is 5.60 Å². The van der Waals surface area contributed by atoms with Crippen LogP contribution < -0.4 is 4.74 Å².